The number of benzene rings is 1. The molecule has 0 fully saturated rings. The number of hydrogen-bond donors (Lipinski definition) is 1. The first kappa shape index (κ1) is 13.6. The minimum Gasteiger partial charge on any atom is -0.480 e. The average Bonchev–Trinajstić information content (AvgIpc) is 2.31. The van der Waals surface area contributed by atoms with E-state index in [1.807, 2.05) is 36.1 Å². The van der Waals surface area contributed by atoms with Crippen LogP contribution in [0.3, 0.4) is 0 Å². The van der Waals surface area contributed by atoms with Gasteiger partial charge in [-0.15, -0.1) is 0 Å². The van der Waals surface area contributed by atoms with E-state index in [1.54, 1.807) is 6.92 Å². The van der Waals surface area contributed by atoms with Crippen molar-refractivity contribution in [3.8, 4) is 0 Å². The summed E-state index contributed by atoms with van der Waals surface area (Å²) in [4.78, 5) is 13.1. The van der Waals surface area contributed by atoms with Crippen molar-refractivity contribution < 1.29 is 9.90 Å². The van der Waals surface area contributed by atoms with E-state index in [0.29, 0.717) is 0 Å². The molecular weight excluding hydrogens is 214 g/mol. The molecule has 0 amide bonds. The number of hydrogen-bond acceptors (Lipinski definition) is 2. The summed E-state index contributed by atoms with van der Waals surface area (Å²) < 4.78 is 0. The van der Waals surface area contributed by atoms with Gasteiger partial charge in [-0.1, -0.05) is 31.0 Å². The van der Waals surface area contributed by atoms with Crippen LogP contribution >= 0.6 is 0 Å². The van der Waals surface area contributed by atoms with Crippen molar-refractivity contribution in [2.45, 2.75) is 39.7 Å². The molecule has 0 aromatic heterocycles. The van der Waals surface area contributed by atoms with Gasteiger partial charge in [-0.2, -0.15) is 0 Å². The molecule has 0 spiro atoms. The molecule has 0 heterocycles. The summed E-state index contributed by atoms with van der Waals surface area (Å²) in [6, 6.07) is 7.53. The molecule has 3 heteroatoms. The fourth-order valence-electron chi connectivity index (χ4n) is 1.74. The smallest absolute Gasteiger partial charge is 0.326 e. The highest BCUT2D eigenvalue weighted by atomic mass is 16.4. The molecule has 0 saturated heterocycles. The van der Waals surface area contributed by atoms with Gasteiger partial charge in [0, 0.05) is 12.2 Å². The van der Waals surface area contributed by atoms with Gasteiger partial charge in [-0.3, -0.25) is 0 Å². The molecule has 0 radical (unpaired) electrons. The highest BCUT2D eigenvalue weighted by Crippen LogP contribution is 2.18. The third kappa shape index (κ3) is 3.77. The highest BCUT2D eigenvalue weighted by Gasteiger charge is 2.20. The number of unbranched alkanes of at least 4 members (excludes halogenated alkanes) is 1. The van der Waals surface area contributed by atoms with Crippen molar-refractivity contribution in [2.24, 2.45) is 0 Å². The second-order valence-electron chi connectivity index (χ2n) is 4.40. The van der Waals surface area contributed by atoms with E-state index in [2.05, 4.69) is 6.92 Å². The van der Waals surface area contributed by atoms with Crippen LogP contribution in [-0.4, -0.2) is 23.7 Å². The molecule has 17 heavy (non-hydrogen) atoms. The maximum absolute atomic E-state index is 11.1. The van der Waals surface area contributed by atoms with E-state index >= 15 is 0 Å². The fraction of sp³-hybridized carbons (Fsp3) is 0.500. The zero-order valence-electron chi connectivity index (χ0n) is 10.8. The number of carbonyl (C=O) groups is 1. The normalized spacial score (nSPS) is 12.2. The molecular formula is C14H21NO2. The van der Waals surface area contributed by atoms with E-state index in [0.717, 1.165) is 25.1 Å². The van der Waals surface area contributed by atoms with Crippen LogP contribution in [0.25, 0.3) is 0 Å². The minimum atomic E-state index is -0.776. The van der Waals surface area contributed by atoms with Gasteiger partial charge in [0.2, 0.25) is 0 Å². The molecule has 1 aromatic carbocycles. The predicted molar refractivity (Wildman–Crippen MR) is 70.5 cm³/mol. The van der Waals surface area contributed by atoms with Gasteiger partial charge in [0.15, 0.2) is 0 Å². The average molecular weight is 235 g/mol. The summed E-state index contributed by atoms with van der Waals surface area (Å²) >= 11 is 0. The van der Waals surface area contributed by atoms with E-state index in [4.69, 9.17) is 5.11 Å². The first-order valence-electron chi connectivity index (χ1n) is 6.12. The summed E-state index contributed by atoms with van der Waals surface area (Å²) in [5.74, 6) is -0.776. The zero-order valence-corrected chi connectivity index (χ0v) is 10.8. The summed E-state index contributed by atoms with van der Waals surface area (Å²) in [6.45, 7) is 6.66. The molecule has 0 aliphatic rings. The molecule has 0 saturated carbocycles. The van der Waals surface area contributed by atoms with Crippen molar-refractivity contribution in [3.63, 3.8) is 0 Å². The molecule has 1 aromatic rings. The molecule has 0 bridgehead atoms. The Bertz CT molecular complexity index is 359. The fourth-order valence-corrected chi connectivity index (χ4v) is 1.74. The van der Waals surface area contributed by atoms with E-state index < -0.39 is 12.0 Å². The number of nitrogens with zero attached hydrogens (tertiary/aromatic N) is 1. The molecule has 3 nitrogen and oxygen atoms in total. The molecule has 1 atom stereocenters. The standard InChI is InChI=1S/C14H21NO2/c1-4-5-10-15(12(3)14(16)17)13-8-6-11(2)7-9-13/h6-9,12H,4-5,10H2,1-3H3,(H,16,17). The largest absolute Gasteiger partial charge is 0.480 e. The SMILES string of the molecule is CCCCN(c1ccc(C)cc1)C(C)C(=O)O. The van der Waals surface area contributed by atoms with Gasteiger partial charge in [-0.25, -0.2) is 4.79 Å². The number of aryl methyl sites for hydroxylation is 1. The van der Waals surface area contributed by atoms with Gasteiger partial charge in [0.1, 0.15) is 6.04 Å². The Labute approximate surface area is 103 Å². The molecule has 1 rings (SSSR count). The number of aliphatic carboxylic acids is 1. The van der Waals surface area contributed by atoms with Gasteiger partial charge in [-0.05, 0) is 32.4 Å². The molecule has 0 aliphatic heterocycles. The number of carboxylic acids is 1. The Morgan fingerprint density at radius 3 is 2.41 bits per heavy atom. The Hall–Kier alpha value is -1.51. The Balaban J connectivity index is 2.88. The Kier molecular flexibility index (Phi) is 5.01. The van der Waals surface area contributed by atoms with E-state index in [9.17, 15) is 4.79 Å². The van der Waals surface area contributed by atoms with Crippen LogP contribution < -0.4 is 4.90 Å². The lowest BCUT2D eigenvalue weighted by molar-refractivity contribution is -0.138. The van der Waals surface area contributed by atoms with Crippen molar-refractivity contribution in [2.75, 3.05) is 11.4 Å². The van der Waals surface area contributed by atoms with Crippen molar-refractivity contribution in [1.82, 2.24) is 0 Å². The number of anilines is 1. The van der Waals surface area contributed by atoms with E-state index in [1.165, 1.54) is 5.56 Å². The number of rotatable bonds is 6. The minimum absolute atomic E-state index is 0.482. The van der Waals surface area contributed by atoms with Crippen molar-refractivity contribution >= 4 is 11.7 Å². The van der Waals surface area contributed by atoms with Crippen molar-refractivity contribution in [1.29, 1.82) is 0 Å². The van der Waals surface area contributed by atoms with Gasteiger partial charge in [0.25, 0.3) is 0 Å². The van der Waals surface area contributed by atoms with Crippen LogP contribution in [0.5, 0.6) is 0 Å². The van der Waals surface area contributed by atoms with Crippen LogP contribution in [-0.2, 0) is 4.79 Å². The second kappa shape index (κ2) is 6.28. The quantitative estimate of drug-likeness (QED) is 0.823. The predicted octanol–water partition coefficient (Wildman–Crippen LogP) is 3.07. The Morgan fingerprint density at radius 2 is 1.94 bits per heavy atom. The lowest BCUT2D eigenvalue weighted by Gasteiger charge is -2.28. The van der Waals surface area contributed by atoms with Gasteiger partial charge in [0.05, 0.1) is 0 Å². The van der Waals surface area contributed by atoms with Crippen molar-refractivity contribution in [3.05, 3.63) is 29.8 Å². The van der Waals surface area contributed by atoms with Gasteiger partial charge >= 0.3 is 5.97 Å². The molecule has 1 N–H and O–H groups in total. The van der Waals surface area contributed by atoms with Crippen LogP contribution in [0.2, 0.25) is 0 Å². The summed E-state index contributed by atoms with van der Waals surface area (Å²) in [5.41, 5.74) is 2.17. The van der Waals surface area contributed by atoms with Crippen LogP contribution in [0, 0.1) is 6.92 Å². The highest BCUT2D eigenvalue weighted by molar-refractivity contribution is 5.77. The first-order chi connectivity index (χ1) is 8.06. The maximum atomic E-state index is 11.1. The molecule has 0 aliphatic carbocycles. The lowest BCUT2D eigenvalue weighted by Crippen LogP contribution is -2.39. The molecule has 1 unspecified atom stereocenters. The van der Waals surface area contributed by atoms with Gasteiger partial charge < -0.3 is 10.0 Å². The lowest BCUT2D eigenvalue weighted by atomic mass is 10.1. The topological polar surface area (TPSA) is 40.5 Å². The first-order valence-corrected chi connectivity index (χ1v) is 6.12. The zero-order chi connectivity index (χ0) is 12.8. The number of carboxylic acid groups (broad SMARTS) is 1. The van der Waals surface area contributed by atoms with Crippen LogP contribution in [0.1, 0.15) is 32.3 Å². The third-order valence-corrected chi connectivity index (χ3v) is 2.94. The summed E-state index contributed by atoms with van der Waals surface area (Å²) in [5, 5.41) is 9.13. The monoisotopic (exact) mass is 235 g/mol. The Morgan fingerprint density at radius 1 is 1.35 bits per heavy atom. The van der Waals surface area contributed by atoms with Crippen LogP contribution in [0.4, 0.5) is 5.69 Å². The third-order valence-electron chi connectivity index (χ3n) is 2.94. The maximum Gasteiger partial charge on any atom is 0.326 e. The summed E-state index contributed by atoms with van der Waals surface area (Å²) in [6.07, 6.45) is 2.07. The summed E-state index contributed by atoms with van der Waals surface area (Å²) in [7, 11) is 0. The molecule has 94 valence electrons. The second-order valence-corrected chi connectivity index (χ2v) is 4.40. The van der Waals surface area contributed by atoms with E-state index in [-0.39, 0.29) is 0 Å². The van der Waals surface area contributed by atoms with Crippen LogP contribution in [0.15, 0.2) is 24.3 Å².